The average Bonchev–Trinajstić information content (AvgIpc) is 3.99. The fourth-order valence-electron chi connectivity index (χ4n) is 7.28. The highest BCUT2D eigenvalue weighted by molar-refractivity contribution is 7.61. The van der Waals surface area contributed by atoms with E-state index >= 15 is 0 Å². The van der Waals surface area contributed by atoms with Crippen molar-refractivity contribution >= 4 is 33.4 Å². The van der Waals surface area contributed by atoms with Crippen LogP contribution in [0, 0.1) is 0 Å². The van der Waals surface area contributed by atoms with Gasteiger partial charge in [-0.05, 0) is 83.1 Å². The molecule has 1 aromatic rings. The van der Waals surface area contributed by atoms with Crippen molar-refractivity contribution in [3.63, 3.8) is 0 Å². The van der Waals surface area contributed by atoms with Crippen LogP contribution in [-0.4, -0.2) is 97.9 Å². The number of hydrogen-bond donors (Lipinski definition) is 5. The molecule has 3 heterocycles. The van der Waals surface area contributed by atoms with Gasteiger partial charge in [-0.1, -0.05) is 114 Å². The maximum atomic E-state index is 12.9. The van der Waals surface area contributed by atoms with Crippen LogP contribution in [-0.2, 0) is 51.0 Å². The molecule has 9 atom stereocenters. The molecule has 0 aromatic carbocycles. The highest BCUT2D eigenvalue weighted by atomic mass is 31.3. The number of carbonyl (C=O) groups excluding carboxylic acids is 2. The fraction of sp³-hybridized carbons (Fsp3) is 0.708. The number of aliphatic hydroxyl groups is 2. The quantitative estimate of drug-likeness (QED) is 0.0135. The van der Waals surface area contributed by atoms with Gasteiger partial charge in [0.1, 0.15) is 30.7 Å². The van der Waals surface area contributed by atoms with Crippen LogP contribution in [0.4, 0.5) is 5.82 Å². The second-order valence-electron chi connectivity index (χ2n) is 17.3. The number of aromatic nitrogens is 2. The Morgan fingerprint density at radius 1 is 0.710 bits per heavy atom. The van der Waals surface area contributed by atoms with Crippen molar-refractivity contribution in [2.75, 3.05) is 25.6 Å². The summed E-state index contributed by atoms with van der Waals surface area (Å²) in [7, 11) is -10.9. The molecule has 392 valence electrons. The van der Waals surface area contributed by atoms with Gasteiger partial charge in [0.25, 0.3) is 0 Å². The predicted octanol–water partition coefficient (Wildman–Crippen LogP) is 8.76. The summed E-state index contributed by atoms with van der Waals surface area (Å²) >= 11 is 0. The summed E-state index contributed by atoms with van der Waals surface area (Å²) in [5, 5.41) is 20.9. The molecule has 1 aromatic heterocycles. The van der Waals surface area contributed by atoms with Gasteiger partial charge < -0.3 is 44.7 Å². The lowest BCUT2D eigenvalue weighted by Crippen LogP contribution is -2.36. The van der Waals surface area contributed by atoms with Gasteiger partial charge in [0.15, 0.2) is 12.3 Å². The number of esters is 2. The molecule has 4 unspecified atom stereocenters. The summed E-state index contributed by atoms with van der Waals surface area (Å²) in [5.41, 5.74) is 4.58. The normalized spacial score (nSPS) is 22.7. The zero-order valence-electron chi connectivity index (χ0n) is 40.5. The summed E-state index contributed by atoms with van der Waals surface area (Å²) in [6.07, 6.45) is 30.8. The topological polar surface area (TPSA) is 278 Å². The Labute approximate surface area is 407 Å². The first-order chi connectivity index (χ1) is 33.1. The second-order valence-corrected chi connectivity index (χ2v) is 20.4. The van der Waals surface area contributed by atoms with Gasteiger partial charge in [-0.15, -0.1) is 0 Å². The van der Waals surface area contributed by atoms with E-state index in [4.69, 9.17) is 33.7 Å². The van der Waals surface area contributed by atoms with Crippen LogP contribution in [0.3, 0.4) is 0 Å². The highest BCUT2D eigenvalue weighted by Gasteiger charge is 2.46. The summed E-state index contributed by atoms with van der Waals surface area (Å²) in [5.74, 6) is -1.39. The van der Waals surface area contributed by atoms with E-state index in [0.717, 1.165) is 75.0 Å². The number of nitrogens with two attached hydrogens (primary N) is 1. The third-order valence-electron chi connectivity index (χ3n) is 11.3. The van der Waals surface area contributed by atoms with Crippen molar-refractivity contribution in [2.45, 2.75) is 198 Å². The van der Waals surface area contributed by atoms with E-state index in [2.05, 4.69) is 59.6 Å². The van der Waals surface area contributed by atoms with Gasteiger partial charge in [0.2, 0.25) is 0 Å². The molecule has 0 saturated carbocycles. The molecule has 0 bridgehead atoms. The van der Waals surface area contributed by atoms with Crippen molar-refractivity contribution in [1.29, 1.82) is 0 Å². The summed E-state index contributed by atoms with van der Waals surface area (Å²) < 4.78 is 62.4. The molecule has 2 aliphatic heterocycles. The van der Waals surface area contributed by atoms with E-state index < -0.39 is 83.7 Å². The van der Waals surface area contributed by atoms with E-state index in [-0.39, 0.29) is 30.9 Å². The van der Waals surface area contributed by atoms with E-state index in [1.807, 2.05) is 12.2 Å². The standard InChI is InChI=1S/C48H79N3O16P2/c1-3-5-7-9-11-13-14-15-16-18-20-22-27-31-43(52)61-35-38(64-44(53)32-28-24-23-26-30-40-39(65-40)29-25-21-19-17-12-10-8-6-4-2)36-62-68(57,58)67-69(59,60)63-37-41-45(54)46(55)47(66-41)51-34-33-42(49)50-48(51)56/h12-14,17,21,23,25-26,33-34,38-41,45-47,54-55H,3-11,15-16,18-20,22,24,27-32,35-37H2,1-2H3,(H,57,58)(H,59,60)(H2,49,50,56)/b14-13-,17-12-,25-21-,26-23-/t38-,39?,40?,41-,45-,46-,47-/m1/s1. The zero-order valence-corrected chi connectivity index (χ0v) is 42.3. The van der Waals surface area contributed by atoms with Gasteiger partial charge in [0, 0.05) is 19.0 Å². The number of phosphoric ester groups is 2. The molecule has 0 spiro atoms. The number of ether oxygens (including phenoxy) is 4. The minimum Gasteiger partial charge on any atom is -0.462 e. The Morgan fingerprint density at radius 2 is 1.26 bits per heavy atom. The van der Waals surface area contributed by atoms with Gasteiger partial charge in [0.05, 0.1) is 25.4 Å². The Hall–Kier alpha value is -3.32. The number of epoxide rings is 1. The van der Waals surface area contributed by atoms with Gasteiger partial charge in [-0.3, -0.25) is 23.2 Å². The number of unbranched alkanes of at least 4 members (excludes halogenated alkanes) is 13. The number of nitrogen functional groups attached to an aromatic ring is 1. The lowest BCUT2D eigenvalue weighted by atomic mass is 10.1. The minimum absolute atomic E-state index is 0.0367. The Morgan fingerprint density at radius 3 is 1.96 bits per heavy atom. The molecule has 6 N–H and O–H groups in total. The first kappa shape index (κ1) is 60.0. The van der Waals surface area contributed by atoms with Gasteiger partial charge in [-0.2, -0.15) is 9.29 Å². The zero-order chi connectivity index (χ0) is 50.3. The van der Waals surface area contributed by atoms with Crippen LogP contribution >= 0.6 is 15.6 Å². The SMILES string of the molecule is CCCCC/C=C\C/C=C\CC1OC1C/C=C\CCCC(=O)O[C@H](COC(=O)CCCCCCC/C=C\CCCCCC)COP(=O)(O)OP(=O)(O)OC[C@H]1O[C@@H](n2ccc(N)nc2=O)[C@H](O)[C@@H]1O. The molecule has 2 fully saturated rings. The summed E-state index contributed by atoms with van der Waals surface area (Å²) in [4.78, 5) is 61.9. The van der Waals surface area contributed by atoms with Crippen molar-refractivity contribution in [2.24, 2.45) is 0 Å². The van der Waals surface area contributed by atoms with Crippen molar-refractivity contribution in [3.8, 4) is 0 Å². The summed E-state index contributed by atoms with van der Waals surface area (Å²) in [6.45, 7) is 2.03. The molecular weight excluding hydrogens is 936 g/mol. The Bertz CT molecular complexity index is 1910. The minimum atomic E-state index is -5.44. The number of carbonyl (C=O) groups is 2. The Balaban J connectivity index is 1.43. The second kappa shape index (κ2) is 34.1. The van der Waals surface area contributed by atoms with E-state index in [9.17, 15) is 43.5 Å². The molecule has 21 heteroatoms. The molecule has 69 heavy (non-hydrogen) atoms. The van der Waals surface area contributed by atoms with Crippen LogP contribution in [0.25, 0.3) is 0 Å². The number of phosphoric acid groups is 2. The monoisotopic (exact) mass is 1020 g/mol. The van der Waals surface area contributed by atoms with E-state index in [0.29, 0.717) is 19.3 Å². The number of rotatable bonds is 39. The van der Waals surface area contributed by atoms with Gasteiger partial charge >= 0.3 is 33.3 Å². The number of nitrogens with zero attached hydrogens (tertiary/aromatic N) is 2. The van der Waals surface area contributed by atoms with Crippen molar-refractivity contribution in [1.82, 2.24) is 9.55 Å². The molecule has 3 rings (SSSR count). The smallest absolute Gasteiger partial charge is 0.462 e. The largest absolute Gasteiger partial charge is 0.481 e. The number of hydrogen-bond acceptors (Lipinski definition) is 16. The van der Waals surface area contributed by atoms with Crippen LogP contribution in [0.5, 0.6) is 0 Å². The van der Waals surface area contributed by atoms with Gasteiger partial charge in [-0.25, -0.2) is 13.9 Å². The molecule has 19 nitrogen and oxygen atoms in total. The molecular formula is C48H79N3O16P2. The maximum Gasteiger partial charge on any atom is 0.481 e. The van der Waals surface area contributed by atoms with E-state index in [1.165, 1.54) is 51.0 Å². The number of allylic oxidation sites excluding steroid dienone is 6. The van der Waals surface area contributed by atoms with Crippen LogP contribution in [0.2, 0.25) is 0 Å². The molecule has 0 aliphatic carbocycles. The first-order valence-electron chi connectivity index (χ1n) is 24.8. The van der Waals surface area contributed by atoms with Crippen molar-refractivity contribution in [3.05, 3.63) is 71.4 Å². The van der Waals surface area contributed by atoms with Crippen LogP contribution in [0.1, 0.15) is 161 Å². The fourth-order valence-corrected chi connectivity index (χ4v) is 9.39. The number of anilines is 1. The third kappa shape index (κ3) is 26.6. The molecule has 2 saturated heterocycles. The molecule has 2 aliphatic rings. The average molecular weight is 1020 g/mol. The summed E-state index contributed by atoms with van der Waals surface area (Å²) in [6, 6.07) is 1.24. The first-order valence-corrected chi connectivity index (χ1v) is 27.8. The highest BCUT2D eigenvalue weighted by Crippen LogP contribution is 2.60. The molecule has 0 amide bonds. The Kier molecular flexibility index (Phi) is 29.7. The third-order valence-corrected chi connectivity index (χ3v) is 13.9. The van der Waals surface area contributed by atoms with Crippen LogP contribution in [0.15, 0.2) is 65.7 Å². The van der Waals surface area contributed by atoms with E-state index in [1.54, 1.807) is 0 Å². The maximum absolute atomic E-state index is 12.9. The lowest BCUT2D eigenvalue weighted by Gasteiger charge is -2.21. The predicted molar refractivity (Wildman–Crippen MR) is 260 cm³/mol. The van der Waals surface area contributed by atoms with Crippen LogP contribution < -0.4 is 11.4 Å². The number of aliphatic hydroxyl groups excluding tert-OH is 2. The lowest BCUT2D eigenvalue weighted by molar-refractivity contribution is -0.161. The van der Waals surface area contributed by atoms with Crippen molar-refractivity contribution < 1.29 is 71.0 Å². The molecule has 0 radical (unpaired) electrons.